The van der Waals surface area contributed by atoms with E-state index in [0.717, 1.165) is 29.0 Å². The average molecular weight is 357 g/mol. The SMILES string of the molecule is CCC(=O)N1CCCCC1C(=O)Nc1nc(C)c(-c2ccccc2)s1. The van der Waals surface area contributed by atoms with Gasteiger partial charge in [0.1, 0.15) is 6.04 Å². The number of carbonyl (C=O) groups is 2. The topological polar surface area (TPSA) is 62.3 Å². The van der Waals surface area contributed by atoms with Gasteiger partial charge in [-0.2, -0.15) is 0 Å². The maximum absolute atomic E-state index is 12.7. The van der Waals surface area contributed by atoms with Gasteiger partial charge in [0, 0.05) is 13.0 Å². The lowest BCUT2D eigenvalue weighted by Crippen LogP contribution is -2.49. The number of amides is 2. The molecular formula is C19H23N3O2S. The van der Waals surface area contributed by atoms with Crippen molar-refractivity contribution in [3.63, 3.8) is 0 Å². The van der Waals surface area contributed by atoms with Crippen LogP contribution in [-0.2, 0) is 9.59 Å². The van der Waals surface area contributed by atoms with Crippen LogP contribution in [-0.4, -0.2) is 34.3 Å². The summed E-state index contributed by atoms with van der Waals surface area (Å²) < 4.78 is 0. The first-order valence-electron chi connectivity index (χ1n) is 8.73. The second-order valence-electron chi connectivity index (χ2n) is 6.24. The second-order valence-corrected chi connectivity index (χ2v) is 7.24. The number of aromatic nitrogens is 1. The Morgan fingerprint density at radius 3 is 2.76 bits per heavy atom. The highest BCUT2D eigenvalue weighted by Crippen LogP contribution is 2.33. The lowest BCUT2D eigenvalue weighted by Gasteiger charge is -2.34. The highest BCUT2D eigenvalue weighted by molar-refractivity contribution is 7.19. The minimum absolute atomic E-state index is 0.0418. The molecule has 0 aliphatic carbocycles. The zero-order valence-corrected chi connectivity index (χ0v) is 15.4. The number of hydrogen-bond acceptors (Lipinski definition) is 4. The van der Waals surface area contributed by atoms with Crippen LogP contribution in [0.15, 0.2) is 30.3 Å². The summed E-state index contributed by atoms with van der Waals surface area (Å²) in [6.07, 6.45) is 3.08. The zero-order valence-electron chi connectivity index (χ0n) is 14.6. The molecule has 0 spiro atoms. The Balaban J connectivity index is 1.75. The van der Waals surface area contributed by atoms with Gasteiger partial charge in [0.2, 0.25) is 11.8 Å². The molecule has 25 heavy (non-hydrogen) atoms. The smallest absolute Gasteiger partial charge is 0.248 e. The Kier molecular flexibility index (Phi) is 5.48. The van der Waals surface area contributed by atoms with Crippen LogP contribution < -0.4 is 5.32 Å². The molecule has 2 amide bonds. The number of aryl methyl sites for hydroxylation is 1. The van der Waals surface area contributed by atoms with Gasteiger partial charge in [0.15, 0.2) is 5.13 Å². The number of piperidine rings is 1. The first kappa shape index (κ1) is 17.6. The lowest BCUT2D eigenvalue weighted by atomic mass is 10.0. The molecule has 3 rings (SSSR count). The third kappa shape index (κ3) is 3.90. The molecule has 5 nitrogen and oxygen atoms in total. The maximum Gasteiger partial charge on any atom is 0.248 e. The van der Waals surface area contributed by atoms with E-state index in [2.05, 4.69) is 10.3 Å². The van der Waals surface area contributed by atoms with Crippen molar-refractivity contribution in [2.75, 3.05) is 11.9 Å². The van der Waals surface area contributed by atoms with E-state index in [9.17, 15) is 9.59 Å². The van der Waals surface area contributed by atoms with E-state index in [1.807, 2.05) is 44.2 Å². The quantitative estimate of drug-likeness (QED) is 0.904. The summed E-state index contributed by atoms with van der Waals surface area (Å²) in [6.45, 7) is 4.45. The number of nitrogens with zero attached hydrogens (tertiary/aromatic N) is 2. The van der Waals surface area contributed by atoms with Gasteiger partial charge < -0.3 is 10.2 Å². The molecule has 1 aliphatic heterocycles. The molecule has 6 heteroatoms. The predicted molar refractivity (Wildman–Crippen MR) is 101 cm³/mol. The van der Waals surface area contributed by atoms with E-state index in [-0.39, 0.29) is 17.9 Å². The molecule has 1 aromatic heterocycles. The number of carbonyl (C=O) groups excluding carboxylic acids is 2. The van der Waals surface area contributed by atoms with Gasteiger partial charge in [0.05, 0.1) is 10.6 Å². The van der Waals surface area contributed by atoms with Crippen molar-refractivity contribution >= 4 is 28.3 Å². The third-order valence-electron chi connectivity index (χ3n) is 4.49. The van der Waals surface area contributed by atoms with Crippen LogP contribution >= 0.6 is 11.3 Å². The van der Waals surface area contributed by atoms with Crippen molar-refractivity contribution in [3.05, 3.63) is 36.0 Å². The van der Waals surface area contributed by atoms with Crippen LogP contribution in [0.2, 0.25) is 0 Å². The summed E-state index contributed by atoms with van der Waals surface area (Å²) >= 11 is 1.47. The summed E-state index contributed by atoms with van der Waals surface area (Å²) in [6, 6.07) is 9.64. The van der Waals surface area contributed by atoms with E-state index < -0.39 is 0 Å². The molecule has 1 aliphatic rings. The first-order valence-corrected chi connectivity index (χ1v) is 9.55. The molecule has 1 fully saturated rings. The van der Waals surface area contributed by atoms with Crippen molar-refractivity contribution in [3.8, 4) is 10.4 Å². The van der Waals surface area contributed by atoms with Gasteiger partial charge in [-0.3, -0.25) is 9.59 Å². The molecule has 0 bridgehead atoms. The summed E-state index contributed by atoms with van der Waals surface area (Å²) in [5.74, 6) is -0.0880. The van der Waals surface area contributed by atoms with Gasteiger partial charge in [-0.25, -0.2) is 4.98 Å². The standard InChI is InChI=1S/C19H23N3O2S/c1-3-16(23)22-12-8-7-11-15(22)18(24)21-19-20-13(2)17(25-19)14-9-5-4-6-10-14/h4-6,9-10,15H,3,7-8,11-12H2,1-2H3,(H,20,21,24). The van der Waals surface area contributed by atoms with Crippen LogP contribution in [0, 0.1) is 6.92 Å². The molecular weight excluding hydrogens is 334 g/mol. The van der Waals surface area contributed by atoms with E-state index >= 15 is 0 Å². The predicted octanol–water partition coefficient (Wildman–Crippen LogP) is 3.85. The number of hydrogen-bond donors (Lipinski definition) is 1. The normalized spacial score (nSPS) is 17.4. The van der Waals surface area contributed by atoms with Crippen molar-refractivity contribution in [1.82, 2.24) is 9.88 Å². The fourth-order valence-corrected chi connectivity index (χ4v) is 4.18. The van der Waals surface area contributed by atoms with Crippen LogP contribution in [0.4, 0.5) is 5.13 Å². The second kappa shape index (κ2) is 7.78. The lowest BCUT2D eigenvalue weighted by molar-refractivity contribution is -0.140. The van der Waals surface area contributed by atoms with E-state index in [0.29, 0.717) is 24.5 Å². The van der Waals surface area contributed by atoms with Gasteiger partial charge in [-0.1, -0.05) is 48.6 Å². The molecule has 1 saturated heterocycles. The molecule has 132 valence electrons. The van der Waals surface area contributed by atoms with Crippen LogP contribution in [0.3, 0.4) is 0 Å². The van der Waals surface area contributed by atoms with Gasteiger partial charge in [-0.15, -0.1) is 0 Å². The highest BCUT2D eigenvalue weighted by atomic mass is 32.1. The summed E-state index contributed by atoms with van der Waals surface area (Å²) in [4.78, 5) is 32.1. The van der Waals surface area contributed by atoms with Crippen molar-refractivity contribution in [2.24, 2.45) is 0 Å². The van der Waals surface area contributed by atoms with Crippen molar-refractivity contribution < 1.29 is 9.59 Å². The number of nitrogens with one attached hydrogen (secondary N) is 1. The number of benzene rings is 1. The molecule has 0 saturated carbocycles. The van der Waals surface area contributed by atoms with Crippen molar-refractivity contribution in [2.45, 2.75) is 45.6 Å². The Morgan fingerprint density at radius 1 is 1.28 bits per heavy atom. The maximum atomic E-state index is 12.7. The molecule has 2 aromatic rings. The van der Waals surface area contributed by atoms with Gasteiger partial charge in [0.25, 0.3) is 0 Å². The Morgan fingerprint density at radius 2 is 2.04 bits per heavy atom. The van der Waals surface area contributed by atoms with Gasteiger partial charge in [-0.05, 0) is 31.7 Å². The van der Waals surface area contributed by atoms with Crippen LogP contribution in [0.25, 0.3) is 10.4 Å². The minimum atomic E-state index is -0.384. The van der Waals surface area contributed by atoms with Crippen LogP contribution in [0.1, 0.15) is 38.3 Å². The Bertz CT molecular complexity index is 757. The van der Waals surface area contributed by atoms with Gasteiger partial charge >= 0.3 is 0 Å². The largest absolute Gasteiger partial charge is 0.331 e. The fraction of sp³-hybridized carbons (Fsp3) is 0.421. The molecule has 1 atom stereocenters. The Labute approximate surface area is 152 Å². The van der Waals surface area contributed by atoms with E-state index in [1.54, 1.807) is 4.90 Å². The van der Waals surface area contributed by atoms with Crippen LogP contribution in [0.5, 0.6) is 0 Å². The minimum Gasteiger partial charge on any atom is -0.331 e. The molecule has 2 heterocycles. The number of rotatable bonds is 4. The number of thiazole rings is 1. The Hall–Kier alpha value is -2.21. The monoisotopic (exact) mass is 357 g/mol. The summed E-state index contributed by atoms with van der Waals surface area (Å²) in [5.41, 5.74) is 2.00. The average Bonchev–Trinajstić information content (AvgIpc) is 3.01. The van der Waals surface area contributed by atoms with E-state index in [1.165, 1.54) is 11.3 Å². The molecule has 1 aromatic carbocycles. The van der Waals surface area contributed by atoms with E-state index in [4.69, 9.17) is 0 Å². The molecule has 1 unspecified atom stereocenters. The third-order valence-corrected chi connectivity index (χ3v) is 5.61. The fourth-order valence-electron chi connectivity index (χ4n) is 3.20. The molecule has 0 radical (unpaired) electrons. The number of anilines is 1. The summed E-state index contributed by atoms with van der Waals surface area (Å²) in [7, 11) is 0. The van der Waals surface area contributed by atoms with Crippen molar-refractivity contribution in [1.29, 1.82) is 0 Å². The number of likely N-dealkylation sites (tertiary alicyclic amines) is 1. The summed E-state index contributed by atoms with van der Waals surface area (Å²) in [5, 5.41) is 3.52. The first-order chi connectivity index (χ1) is 12.1. The zero-order chi connectivity index (χ0) is 17.8. The highest BCUT2D eigenvalue weighted by Gasteiger charge is 2.31. The molecule has 1 N–H and O–H groups in total.